The maximum absolute atomic E-state index is 12.1. The van der Waals surface area contributed by atoms with Crippen molar-refractivity contribution in [3.63, 3.8) is 0 Å². The predicted octanol–water partition coefficient (Wildman–Crippen LogP) is 3.14. The molecule has 1 heterocycles. The Morgan fingerprint density at radius 2 is 2.08 bits per heavy atom. The summed E-state index contributed by atoms with van der Waals surface area (Å²) in [5, 5.41) is -0.234. The number of rotatable bonds is 2. The van der Waals surface area contributed by atoms with E-state index in [0.29, 0.717) is 0 Å². The van der Waals surface area contributed by atoms with E-state index in [-0.39, 0.29) is 10.6 Å². The summed E-state index contributed by atoms with van der Waals surface area (Å²) in [4.78, 5) is 3.43. The number of hydrogen-bond donors (Lipinski definition) is 0. The summed E-state index contributed by atoms with van der Waals surface area (Å²) in [5.74, 6) is 0. The average Bonchev–Trinajstić information content (AvgIpc) is 2.04. The molecule has 0 radical (unpaired) electrons. The van der Waals surface area contributed by atoms with Gasteiger partial charge in [-0.25, -0.2) is 13.2 Å². The van der Waals surface area contributed by atoms with Crippen molar-refractivity contribution in [2.45, 2.75) is 13.1 Å². The van der Waals surface area contributed by atoms with Crippen LogP contribution in [0.5, 0.6) is 0 Å². The molecule has 1 aromatic rings. The van der Waals surface area contributed by atoms with Crippen LogP contribution in [-0.2, 0) is 6.67 Å². The minimum Gasteiger partial charge on any atom is -0.264 e. The van der Waals surface area contributed by atoms with Gasteiger partial charge in [0.2, 0.25) is 0 Å². The number of pyridine rings is 1. The first-order valence-corrected chi connectivity index (χ1v) is 3.51. The maximum atomic E-state index is 12.1. The summed E-state index contributed by atoms with van der Waals surface area (Å²) in [6.07, 6.45) is -0.642. The summed E-state index contributed by atoms with van der Waals surface area (Å²) in [6.45, 7) is -0.883. The zero-order valence-corrected chi connectivity index (χ0v) is 6.65. The monoisotopic (exact) mass is 195 g/mol. The molecule has 12 heavy (non-hydrogen) atoms. The molecule has 0 aromatic carbocycles. The van der Waals surface area contributed by atoms with E-state index in [0.717, 1.165) is 12.4 Å². The van der Waals surface area contributed by atoms with Crippen molar-refractivity contribution in [3.05, 3.63) is 28.5 Å². The van der Waals surface area contributed by atoms with Crippen LogP contribution in [-0.4, -0.2) is 4.98 Å². The fraction of sp³-hybridized carbons (Fsp3) is 0.286. The topological polar surface area (TPSA) is 12.9 Å². The minimum absolute atomic E-state index is 0.00512. The van der Waals surface area contributed by atoms with Gasteiger partial charge in [0.1, 0.15) is 6.67 Å². The molecule has 0 unspecified atom stereocenters. The molecule has 0 saturated heterocycles. The number of halogens is 4. The standard InChI is InChI=1S/C7H5ClF3N/c8-6-4(1-9)2-12-3-5(6)7(10)11/h2-3,7H,1H2. The predicted molar refractivity (Wildman–Crippen MR) is 39.0 cm³/mol. The first kappa shape index (κ1) is 9.32. The average molecular weight is 196 g/mol. The van der Waals surface area contributed by atoms with Crippen molar-refractivity contribution < 1.29 is 13.2 Å². The molecule has 0 N–H and O–H groups in total. The van der Waals surface area contributed by atoms with E-state index in [1.165, 1.54) is 0 Å². The largest absolute Gasteiger partial charge is 0.266 e. The van der Waals surface area contributed by atoms with E-state index >= 15 is 0 Å². The second kappa shape index (κ2) is 3.76. The molecule has 5 heteroatoms. The maximum Gasteiger partial charge on any atom is 0.266 e. The molecule has 0 aliphatic carbocycles. The van der Waals surface area contributed by atoms with E-state index in [4.69, 9.17) is 11.6 Å². The summed E-state index contributed by atoms with van der Waals surface area (Å²) >= 11 is 5.44. The van der Waals surface area contributed by atoms with Gasteiger partial charge in [-0.1, -0.05) is 11.6 Å². The smallest absolute Gasteiger partial charge is 0.264 e. The fourth-order valence-corrected chi connectivity index (χ4v) is 0.982. The van der Waals surface area contributed by atoms with Gasteiger partial charge in [-0.15, -0.1) is 0 Å². The van der Waals surface area contributed by atoms with Crippen LogP contribution < -0.4 is 0 Å². The van der Waals surface area contributed by atoms with Crippen LogP contribution in [0.2, 0.25) is 5.02 Å². The van der Waals surface area contributed by atoms with E-state index in [1.54, 1.807) is 0 Å². The number of alkyl halides is 3. The zero-order chi connectivity index (χ0) is 9.14. The SMILES string of the molecule is FCc1cncc(C(F)F)c1Cl. The Kier molecular flexibility index (Phi) is 2.92. The Hall–Kier alpha value is -0.770. The van der Waals surface area contributed by atoms with Gasteiger partial charge in [0.05, 0.1) is 10.6 Å². The van der Waals surface area contributed by atoms with Gasteiger partial charge in [0.15, 0.2) is 0 Å². The first-order valence-electron chi connectivity index (χ1n) is 3.13. The van der Waals surface area contributed by atoms with Crippen molar-refractivity contribution in [1.29, 1.82) is 0 Å². The van der Waals surface area contributed by atoms with Gasteiger partial charge < -0.3 is 0 Å². The summed E-state index contributed by atoms with van der Waals surface area (Å²) < 4.78 is 36.3. The molecule has 66 valence electrons. The van der Waals surface area contributed by atoms with Crippen LogP contribution in [0.15, 0.2) is 12.4 Å². The summed E-state index contributed by atoms with van der Waals surface area (Å²) in [7, 11) is 0. The molecule has 1 rings (SSSR count). The van der Waals surface area contributed by atoms with Crippen molar-refractivity contribution >= 4 is 11.6 Å². The van der Waals surface area contributed by atoms with E-state index in [2.05, 4.69) is 4.98 Å². The lowest BCUT2D eigenvalue weighted by molar-refractivity contribution is 0.151. The lowest BCUT2D eigenvalue weighted by Crippen LogP contribution is -1.92. The van der Waals surface area contributed by atoms with Crippen molar-refractivity contribution in [2.75, 3.05) is 0 Å². The molecule has 0 amide bonds. The highest BCUT2D eigenvalue weighted by Gasteiger charge is 2.14. The van der Waals surface area contributed by atoms with Crippen molar-refractivity contribution in [1.82, 2.24) is 4.98 Å². The Labute approximate surface area is 72.2 Å². The molecule has 0 bridgehead atoms. The van der Waals surface area contributed by atoms with Gasteiger partial charge >= 0.3 is 0 Å². The lowest BCUT2D eigenvalue weighted by Gasteiger charge is -2.04. The summed E-state index contributed by atoms with van der Waals surface area (Å²) in [6, 6.07) is 0. The number of aromatic nitrogens is 1. The Morgan fingerprint density at radius 3 is 2.58 bits per heavy atom. The highest BCUT2D eigenvalue weighted by atomic mass is 35.5. The first-order chi connectivity index (χ1) is 5.66. The van der Waals surface area contributed by atoms with E-state index < -0.39 is 18.7 Å². The van der Waals surface area contributed by atoms with Crippen molar-refractivity contribution in [2.24, 2.45) is 0 Å². The molecular weight excluding hydrogens is 191 g/mol. The van der Waals surface area contributed by atoms with Gasteiger partial charge in [0, 0.05) is 18.0 Å². The quantitative estimate of drug-likeness (QED) is 0.707. The van der Waals surface area contributed by atoms with Crippen LogP contribution in [0.4, 0.5) is 13.2 Å². The molecule has 0 spiro atoms. The third-order valence-electron chi connectivity index (χ3n) is 1.36. The molecule has 1 nitrogen and oxygen atoms in total. The Balaban J connectivity index is 3.14. The van der Waals surface area contributed by atoms with E-state index in [9.17, 15) is 13.2 Å². The highest BCUT2D eigenvalue weighted by molar-refractivity contribution is 6.32. The highest BCUT2D eigenvalue weighted by Crippen LogP contribution is 2.28. The van der Waals surface area contributed by atoms with Gasteiger partial charge in [-0.3, -0.25) is 4.98 Å². The second-order valence-electron chi connectivity index (χ2n) is 2.14. The van der Waals surface area contributed by atoms with Gasteiger partial charge in [-0.2, -0.15) is 0 Å². The third kappa shape index (κ3) is 1.69. The third-order valence-corrected chi connectivity index (χ3v) is 1.82. The lowest BCUT2D eigenvalue weighted by atomic mass is 10.2. The van der Waals surface area contributed by atoms with Gasteiger partial charge in [-0.05, 0) is 0 Å². The minimum atomic E-state index is -2.71. The Morgan fingerprint density at radius 1 is 1.42 bits per heavy atom. The van der Waals surface area contributed by atoms with Crippen LogP contribution in [0.25, 0.3) is 0 Å². The van der Waals surface area contributed by atoms with Crippen LogP contribution in [0.3, 0.4) is 0 Å². The Bertz CT molecular complexity index is 277. The van der Waals surface area contributed by atoms with Crippen LogP contribution in [0.1, 0.15) is 17.6 Å². The molecule has 0 aliphatic heterocycles. The molecule has 0 aliphatic rings. The normalized spacial score (nSPS) is 10.8. The van der Waals surface area contributed by atoms with Crippen LogP contribution >= 0.6 is 11.6 Å². The number of hydrogen-bond acceptors (Lipinski definition) is 1. The summed E-state index contributed by atoms with van der Waals surface area (Å²) in [5.41, 5.74) is -0.429. The fourth-order valence-electron chi connectivity index (χ4n) is 0.752. The molecule has 0 atom stereocenters. The van der Waals surface area contributed by atoms with Crippen LogP contribution in [0, 0.1) is 0 Å². The molecule has 0 fully saturated rings. The molecule has 1 aromatic heterocycles. The van der Waals surface area contributed by atoms with E-state index in [1.807, 2.05) is 0 Å². The van der Waals surface area contributed by atoms with Gasteiger partial charge in [0.25, 0.3) is 6.43 Å². The van der Waals surface area contributed by atoms with Crippen molar-refractivity contribution in [3.8, 4) is 0 Å². The zero-order valence-electron chi connectivity index (χ0n) is 5.90. The molecular formula is C7H5ClF3N. The number of nitrogens with zero attached hydrogens (tertiary/aromatic N) is 1. The molecule has 0 saturated carbocycles. The second-order valence-corrected chi connectivity index (χ2v) is 2.51.